The van der Waals surface area contributed by atoms with E-state index < -0.39 is 5.76 Å². The van der Waals surface area contributed by atoms with E-state index in [4.69, 9.17) is 13.9 Å². The number of anilines is 1. The second-order valence-corrected chi connectivity index (χ2v) is 5.52. The van der Waals surface area contributed by atoms with Gasteiger partial charge in [0, 0.05) is 12.7 Å². The number of aromatic nitrogens is 1. The number of nitrogens with one attached hydrogen (secondary N) is 1. The lowest BCUT2D eigenvalue weighted by atomic mass is 10.1. The second kappa shape index (κ2) is 6.72. The van der Waals surface area contributed by atoms with E-state index in [0.717, 1.165) is 5.56 Å². The van der Waals surface area contributed by atoms with Crippen LogP contribution in [0.1, 0.15) is 5.56 Å². The van der Waals surface area contributed by atoms with Crippen molar-refractivity contribution in [1.29, 1.82) is 0 Å². The Morgan fingerprint density at radius 1 is 1.12 bits per heavy atom. The van der Waals surface area contributed by atoms with Crippen LogP contribution in [-0.4, -0.2) is 24.7 Å². The first-order chi connectivity index (χ1) is 12.0. The molecule has 0 fully saturated rings. The van der Waals surface area contributed by atoms with E-state index in [1.54, 1.807) is 51.6 Å². The maximum atomic E-state index is 12.3. The number of carbonyl (C=O) groups is 1. The van der Waals surface area contributed by atoms with Crippen molar-refractivity contribution < 1.29 is 18.7 Å². The quantitative estimate of drug-likeness (QED) is 0.769. The van der Waals surface area contributed by atoms with Crippen LogP contribution in [0.15, 0.2) is 45.6 Å². The predicted octanol–water partition coefficient (Wildman–Crippen LogP) is 2.33. The molecular formula is C18H18N2O5. The smallest absolute Gasteiger partial charge is 0.419 e. The molecule has 0 saturated heterocycles. The number of nitrogens with zero attached hydrogens (tertiary/aromatic N) is 1. The lowest BCUT2D eigenvalue weighted by molar-refractivity contribution is -0.115. The molecule has 0 spiro atoms. The Hall–Kier alpha value is -3.22. The fourth-order valence-electron chi connectivity index (χ4n) is 2.59. The number of benzene rings is 2. The molecular weight excluding hydrogens is 324 g/mol. The summed E-state index contributed by atoms with van der Waals surface area (Å²) in [6.07, 6.45) is 0.183. The first kappa shape index (κ1) is 16.6. The van der Waals surface area contributed by atoms with Crippen LogP contribution in [0.25, 0.3) is 11.1 Å². The molecule has 2 aromatic carbocycles. The molecule has 0 aliphatic rings. The van der Waals surface area contributed by atoms with Crippen LogP contribution in [0, 0.1) is 0 Å². The van der Waals surface area contributed by atoms with Crippen LogP contribution in [0.2, 0.25) is 0 Å². The van der Waals surface area contributed by atoms with Gasteiger partial charge in [0.15, 0.2) is 17.1 Å². The Balaban J connectivity index is 1.76. The Labute approximate surface area is 143 Å². The number of oxazole rings is 1. The van der Waals surface area contributed by atoms with E-state index in [0.29, 0.717) is 28.3 Å². The average Bonchev–Trinajstić information content (AvgIpc) is 2.89. The molecule has 1 N–H and O–H groups in total. The van der Waals surface area contributed by atoms with Crippen LogP contribution in [0.5, 0.6) is 11.5 Å². The highest BCUT2D eigenvalue weighted by Gasteiger charge is 2.11. The van der Waals surface area contributed by atoms with Crippen molar-refractivity contribution in [2.45, 2.75) is 6.42 Å². The molecule has 0 aliphatic heterocycles. The van der Waals surface area contributed by atoms with Crippen molar-refractivity contribution in [3.8, 4) is 11.5 Å². The van der Waals surface area contributed by atoms with E-state index in [2.05, 4.69) is 5.32 Å². The first-order valence-electron chi connectivity index (χ1n) is 7.62. The summed E-state index contributed by atoms with van der Waals surface area (Å²) in [6.45, 7) is 0. The molecule has 0 saturated carbocycles. The zero-order valence-electron chi connectivity index (χ0n) is 14.2. The van der Waals surface area contributed by atoms with Gasteiger partial charge >= 0.3 is 5.76 Å². The zero-order chi connectivity index (χ0) is 18.0. The molecule has 0 aliphatic carbocycles. The van der Waals surface area contributed by atoms with Crippen molar-refractivity contribution in [2.75, 3.05) is 19.5 Å². The minimum Gasteiger partial charge on any atom is -0.493 e. The van der Waals surface area contributed by atoms with Crippen molar-refractivity contribution in [1.82, 2.24) is 4.57 Å². The van der Waals surface area contributed by atoms with Gasteiger partial charge < -0.3 is 19.2 Å². The third-order valence-electron chi connectivity index (χ3n) is 3.89. The highest BCUT2D eigenvalue weighted by Crippen LogP contribution is 2.27. The minimum atomic E-state index is -0.441. The highest BCUT2D eigenvalue weighted by atomic mass is 16.5. The molecule has 0 atom stereocenters. The third kappa shape index (κ3) is 3.35. The molecule has 1 amide bonds. The molecule has 0 bridgehead atoms. The van der Waals surface area contributed by atoms with Gasteiger partial charge in [-0.1, -0.05) is 6.07 Å². The van der Waals surface area contributed by atoms with Gasteiger partial charge in [-0.15, -0.1) is 0 Å². The molecule has 130 valence electrons. The van der Waals surface area contributed by atoms with Gasteiger partial charge in [-0.05, 0) is 35.9 Å². The molecule has 7 heteroatoms. The van der Waals surface area contributed by atoms with E-state index in [-0.39, 0.29) is 12.3 Å². The van der Waals surface area contributed by atoms with Crippen LogP contribution in [0.4, 0.5) is 5.69 Å². The van der Waals surface area contributed by atoms with E-state index in [9.17, 15) is 9.59 Å². The first-order valence-corrected chi connectivity index (χ1v) is 7.62. The normalized spacial score (nSPS) is 10.7. The number of methoxy groups -OCH3 is 2. The fraction of sp³-hybridized carbons (Fsp3) is 0.222. The van der Waals surface area contributed by atoms with E-state index in [1.807, 2.05) is 6.07 Å². The summed E-state index contributed by atoms with van der Waals surface area (Å²) in [7, 11) is 4.72. The summed E-state index contributed by atoms with van der Waals surface area (Å²) < 4.78 is 16.9. The van der Waals surface area contributed by atoms with Crippen LogP contribution in [-0.2, 0) is 18.3 Å². The average molecular weight is 342 g/mol. The summed E-state index contributed by atoms with van der Waals surface area (Å²) in [4.78, 5) is 23.8. The van der Waals surface area contributed by atoms with Gasteiger partial charge in [0.1, 0.15) is 0 Å². The van der Waals surface area contributed by atoms with Gasteiger partial charge in [0.05, 0.1) is 26.2 Å². The van der Waals surface area contributed by atoms with Gasteiger partial charge in [-0.2, -0.15) is 0 Å². The summed E-state index contributed by atoms with van der Waals surface area (Å²) in [5, 5.41) is 2.82. The molecule has 25 heavy (non-hydrogen) atoms. The van der Waals surface area contributed by atoms with Crippen LogP contribution < -0.4 is 20.5 Å². The zero-order valence-corrected chi connectivity index (χ0v) is 14.2. The number of hydrogen-bond donors (Lipinski definition) is 1. The lowest BCUT2D eigenvalue weighted by Gasteiger charge is -2.10. The minimum absolute atomic E-state index is 0.180. The Bertz CT molecular complexity index is 987. The molecule has 0 unspecified atom stereocenters. The summed E-state index contributed by atoms with van der Waals surface area (Å²) >= 11 is 0. The van der Waals surface area contributed by atoms with Gasteiger partial charge in [0.2, 0.25) is 5.91 Å². The number of amides is 1. The monoisotopic (exact) mass is 342 g/mol. The van der Waals surface area contributed by atoms with E-state index >= 15 is 0 Å². The maximum absolute atomic E-state index is 12.3. The number of aryl methyl sites for hydroxylation is 1. The number of rotatable bonds is 5. The number of carbonyl (C=O) groups excluding carboxylic acids is 1. The molecule has 3 rings (SSSR count). The van der Waals surface area contributed by atoms with Crippen molar-refractivity contribution in [3.05, 3.63) is 52.5 Å². The van der Waals surface area contributed by atoms with Crippen LogP contribution >= 0.6 is 0 Å². The third-order valence-corrected chi connectivity index (χ3v) is 3.89. The molecule has 1 aromatic heterocycles. The lowest BCUT2D eigenvalue weighted by Crippen LogP contribution is -2.14. The number of hydrogen-bond acceptors (Lipinski definition) is 5. The largest absolute Gasteiger partial charge is 0.493 e. The van der Waals surface area contributed by atoms with Crippen molar-refractivity contribution in [2.24, 2.45) is 7.05 Å². The Morgan fingerprint density at radius 2 is 1.88 bits per heavy atom. The molecule has 0 radical (unpaired) electrons. The van der Waals surface area contributed by atoms with Crippen molar-refractivity contribution >= 4 is 22.7 Å². The molecule has 1 heterocycles. The summed E-state index contributed by atoms with van der Waals surface area (Å²) in [6, 6.07) is 10.4. The summed E-state index contributed by atoms with van der Waals surface area (Å²) in [5.74, 6) is 0.560. The summed E-state index contributed by atoms with van der Waals surface area (Å²) in [5.41, 5.74) is 2.49. The fourth-order valence-corrected chi connectivity index (χ4v) is 2.59. The van der Waals surface area contributed by atoms with Crippen molar-refractivity contribution in [3.63, 3.8) is 0 Å². The van der Waals surface area contributed by atoms with E-state index in [1.165, 1.54) is 4.57 Å². The van der Waals surface area contributed by atoms with Gasteiger partial charge in [-0.3, -0.25) is 9.36 Å². The Kier molecular flexibility index (Phi) is 4.47. The van der Waals surface area contributed by atoms with Gasteiger partial charge in [-0.25, -0.2) is 4.79 Å². The maximum Gasteiger partial charge on any atom is 0.419 e. The van der Waals surface area contributed by atoms with Crippen LogP contribution in [0.3, 0.4) is 0 Å². The standard InChI is InChI=1S/C18H18N2O5/c1-20-13-10-12(5-7-14(13)25-18(20)22)19-17(21)9-11-4-6-15(23-2)16(8-11)24-3/h4-8,10H,9H2,1-3H3,(H,19,21). The topological polar surface area (TPSA) is 82.7 Å². The second-order valence-electron chi connectivity index (χ2n) is 5.52. The highest BCUT2D eigenvalue weighted by molar-refractivity contribution is 5.94. The Morgan fingerprint density at radius 3 is 2.60 bits per heavy atom. The van der Waals surface area contributed by atoms with Gasteiger partial charge in [0.25, 0.3) is 0 Å². The SMILES string of the molecule is COc1ccc(CC(=O)Nc2ccc3oc(=O)n(C)c3c2)cc1OC. The number of fused-ring (bicyclic) bond motifs is 1. The molecule has 3 aromatic rings. The molecule has 7 nitrogen and oxygen atoms in total. The predicted molar refractivity (Wildman–Crippen MR) is 93.3 cm³/mol. The number of ether oxygens (including phenoxy) is 2.